The summed E-state index contributed by atoms with van der Waals surface area (Å²) in [5.41, 5.74) is 3.23. The average Bonchev–Trinajstić information content (AvgIpc) is 2.94. The van der Waals surface area contributed by atoms with E-state index in [0.717, 1.165) is 42.7 Å². The number of benzene rings is 1. The summed E-state index contributed by atoms with van der Waals surface area (Å²) in [4.78, 5) is 4.48. The minimum absolute atomic E-state index is 0.289. The summed E-state index contributed by atoms with van der Waals surface area (Å²) in [5, 5.41) is 12.2. The molecule has 1 aromatic heterocycles. The molecule has 0 fully saturated rings. The highest BCUT2D eigenvalue weighted by Gasteiger charge is 2.16. The van der Waals surface area contributed by atoms with E-state index in [0.29, 0.717) is 16.9 Å². The number of hydrogen-bond acceptors (Lipinski definition) is 3. The SMILES string of the molecule is N#Cc1cc2c(nc1NCc1ccc(F)c(F)c1)CCC2. The molecular weight excluding hydrogens is 272 g/mol. The molecule has 2 aromatic rings. The van der Waals surface area contributed by atoms with Gasteiger partial charge in [-0.1, -0.05) is 6.07 Å². The maximum absolute atomic E-state index is 13.2. The number of hydrogen-bond donors (Lipinski definition) is 1. The van der Waals surface area contributed by atoms with Crippen molar-refractivity contribution in [3.05, 3.63) is 58.3 Å². The number of pyridine rings is 1. The van der Waals surface area contributed by atoms with Crippen molar-refractivity contribution in [2.45, 2.75) is 25.8 Å². The van der Waals surface area contributed by atoms with Crippen molar-refractivity contribution < 1.29 is 8.78 Å². The summed E-state index contributed by atoms with van der Waals surface area (Å²) in [5.74, 6) is -1.24. The first-order valence-electron chi connectivity index (χ1n) is 6.78. The molecule has 21 heavy (non-hydrogen) atoms. The third kappa shape index (κ3) is 2.70. The normalized spacial score (nSPS) is 12.8. The molecule has 0 bridgehead atoms. The van der Waals surface area contributed by atoms with E-state index in [4.69, 9.17) is 0 Å². The van der Waals surface area contributed by atoms with E-state index in [1.54, 1.807) is 0 Å². The second kappa shape index (κ2) is 5.49. The zero-order valence-electron chi connectivity index (χ0n) is 11.3. The molecule has 0 aliphatic heterocycles. The summed E-state index contributed by atoms with van der Waals surface area (Å²) in [6.45, 7) is 0.289. The maximum atomic E-state index is 13.2. The molecule has 0 amide bonds. The van der Waals surface area contributed by atoms with E-state index >= 15 is 0 Å². The molecule has 1 aromatic carbocycles. The fraction of sp³-hybridized carbons (Fsp3) is 0.250. The number of rotatable bonds is 3. The first kappa shape index (κ1) is 13.5. The van der Waals surface area contributed by atoms with Crippen LogP contribution in [0.25, 0.3) is 0 Å². The second-order valence-electron chi connectivity index (χ2n) is 5.06. The average molecular weight is 285 g/mol. The molecule has 0 radical (unpaired) electrons. The molecular formula is C16H13F2N3. The highest BCUT2D eigenvalue weighted by Crippen LogP contribution is 2.25. The zero-order chi connectivity index (χ0) is 14.8. The molecule has 0 saturated carbocycles. The number of aromatic nitrogens is 1. The van der Waals surface area contributed by atoms with Crippen LogP contribution >= 0.6 is 0 Å². The van der Waals surface area contributed by atoms with Crippen LogP contribution < -0.4 is 5.32 Å². The Kier molecular flexibility index (Phi) is 3.53. The van der Waals surface area contributed by atoms with Gasteiger partial charge in [0.2, 0.25) is 0 Å². The standard InChI is InChI=1S/C16H13F2N3/c17-13-5-4-10(6-14(13)18)9-20-16-12(8-19)7-11-2-1-3-15(11)21-16/h4-7H,1-3,9H2,(H,20,21). The van der Waals surface area contributed by atoms with Crippen LogP contribution in [0.4, 0.5) is 14.6 Å². The number of nitrogens with one attached hydrogen (secondary N) is 1. The van der Waals surface area contributed by atoms with Gasteiger partial charge in [-0.15, -0.1) is 0 Å². The molecule has 1 N–H and O–H groups in total. The summed E-state index contributed by atoms with van der Waals surface area (Å²) >= 11 is 0. The fourth-order valence-electron chi connectivity index (χ4n) is 2.53. The predicted molar refractivity (Wildman–Crippen MR) is 74.7 cm³/mol. The van der Waals surface area contributed by atoms with Gasteiger partial charge in [0.25, 0.3) is 0 Å². The number of nitriles is 1. The van der Waals surface area contributed by atoms with Gasteiger partial charge in [-0.05, 0) is 48.6 Å². The topological polar surface area (TPSA) is 48.7 Å². The molecule has 0 saturated heterocycles. The van der Waals surface area contributed by atoms with Gasteiger partial charge in [0.15, 0.2) is 11.6 Å². The highest BCUT2D eigenvalue weighted by atomic mass is 19.2. The molecule has 0 atom stereocenters. The van der Waals surface area contributed by atoms with Crippen LogP contribution in [0.5, 0.6) is 0 Å². The first-order chi connectivity index (χ1) is 10.2. The Labute approximate surface area is 121 Å². The van der Waals surface area contributed by atoms with Gasteiger partial charge in [0, 0.05) is 12.2 Å². The third-order valence-corrected chi connectivity index (χ3v) is 3.62. The van der Waals surface area contributed by atoms with Crippen molar-refractivity contribution in [3.63, 3.8) is 0 Å². The molecule has 106 valence electrons. The Morgan fingerprint density at radius 2 is 2.05 bits per heavy atom. The van der Waals surface area contributed by atoms with Crippen LogP contribution in [0.1, 0.15) is 28.8 Å². The fourth-order valence-corrected chi connectivity index (χ4v) is 2.53. The van der Waals surface area contributed by atoms with E-state index in [9.17, 15) is 14.0 Å². The van der Waals surface area contributed by atoms with Crippen molar-refractivity contribution in [1.29, 1.82) is 5.26 Å². The Hall–Kier alpha value is -2.48. The van der Waals surface area contributed by atoms with E-state index in [-0.39, 0.29) is 6.54 Å². The van der Waals surface area contributed by atoms with E-state index < -0.39 is 11.6 Å². The molecule has 1 aliphatic carbocycles. The smallest absolute Gasteiger partial charge is 0.159 e. The van der Waals surface area contributed by atoms with Crippen LogP contribution in [-0.2, 0) is 19.4 Å². The molecule has 3 rings (SSSR count). The number of nitrogens with zero attached hydrogens (tertiary/aromatic N) is 2. The molecule has 0 spiro atoms. The van der Waals surface area contributed by atoms with Gasteiger partial charge >= 0.3 is 0 Å². The predicted octanol–water partition coefficient (Wildman–Crippen LogP) is 3.33. The Bertz CT molecular complexity index is 735. The number of fused-ring (bicyclic) bond motifs is 1. The van der Waals surface area contributed by atoms with Crippen molar-refractivity contribution in [3.8, 4) is 6.07 Å². The van der Waals surface area contributed by atoms with Gasteiger partial charge in [-0.2, -0.15) is 5.26 Å². The Morgan fingerprint density at radius 1 is 1.19 bits per heavy atom. The van der Waals surface area contributed by atoms with Crippen LogP contribution in [0, 0.1) is 23.0 Å². The largest absolute Gasteiger partial charge is 0.365 e. The Balaban J connectivity index is 1.81. The van der Waals surface area contributed by atoms with E-state index in [2.05, 4.69) is 16.4 Å². The van der Waals surface area contributed by atoms with Crippen LogP contribution in [-0.4, -0.2) is 4.98 Å². The Morgan fingerprint density at radius 3 is 2.81 bits per heavy atom. The van der Waals surface area contributed by atoms with Crippen LogP contribution in [0.2, 0.25) is 0 Å². The maximum Gasteiger partial charge on any atom is 0.159 e. The lowest BCUT2D eigenvalue weighted by molar-refractivity contribution is 0.507. The van der Waals surface area contributed by atoms with Gasteiger partial charge in [-0.25, -0.2) is 13.8 Å². The lowest BCUT2D eigenvalue weighted by Crippen LogP contribution is -2.06. The van der Waals surface area contributed by atoms with Crippen molar-refractivity contribution in [2.75, 3.05) is 5.32 Å². The molecule has 5 heteroatoms. The number of aryl methyl sites for hydroxylation is 2. The van der Waals surface area contributed by atoms with Crippen molar-refractivity contribution in [2.24, 2.45) is 0 Å². The van der Waals surface area contributed by atoms with Crippen LogP contribution in [0.3, 0.4) is 0 Å². The van der Waals surface area contributed by atoms with Crippen molar-refractivity contribution in [1.82, 2.24) is 4.98 Å². The minimum Gasteiger partial charge on any atom is -0.365 e. The van der Waals surface area contributed by atoms with Gasteiger partial charge in [0.05, 0.1) is 5.56 Å². The van der Waals surface area contributed by atoms with Crippen LogP contribution in [0.15, 0.2) is 24.3 Å². The monoisotopic (exact) mass is 285 g/mol. The number of anilines is 1. The first-order valence-corrected chi connectivity index (χ1v) is 6.78. The summed E-state index contributed by atoms with van der Waals surface area (Å²) in [6, 6.07) is 7.72. The molecule has 0 unspecified atom stereocenters. The molecule has 1 aliphatic rings. The number of halogens is 2. The van der Waals surface area contributed by atoms with E-state index in [1.165, 1.54) is 6.07 Å². The quantitative estimate of drug-likeness (QED) is 0.941. The van der Waals surface area contributed by atoms with Gasteiger partial charge < -0.3 is 5.32 Å². The minimum atomic E-state index is -0.878. The van der Waals surface area contributed by atoms with Gasteiger partial charge in [0.1, 0.15) is 11.9 Å². The van der Waals surface area contributed by atoms with Crippen molar-refractivity contribution >= 4 is 5.82 Å². The molecule has 3 nitrogen and oxygen atoms in total. The molecule has 1 heterocycles. The summed E-state index contributed by atoms with van der Waals surface area (Å²) in [6.07, 6.45) is 2.93. The third-order valence-electron chi connectivity index (χ3n) is 3.62. The zero-order valence-corrected chi connectivity index (χ0v) is 11.3. The lowest BCUT2D eigenvalue weighted by Gasteiger charge is -2.10. The second-order valence-corrected chi connectivity index (χ2v) is 5.06. The highest BCUT2D eigenvalue weighted by molar-refractivity contribution is 5.55. The summed E-state index contributed by atoms with van der Waals surface area (Å²) < 4.78 is 26.0. The lowest BCUT2D eigenvalue weighted by atomic mass is 10.1. The summed E-state index contributed by atoms with van der Waals surface area (Å²) in [7, 11) is 0. The van der Waals surface area contributed by atoms with Gasteiger partial charge in [-0.3, -0.25) is 0 Å². The van der Waals surface area contributed by atoms with E-state index in [1.807, 2.05) is 6.07 Å².